The maximum absolute atomic E-state index is 12.4. The van der Waals surface area contributed by atoms with Gasteiger partial charge in [0.2, 0.25) is 0 Å². The lowest BCUT2D eigenvalue weighted by molar-refractivity contribution is -0.384. The Morgan fingerprint density at radius 2 is 2.04 bits per heavy atom. The van der Waals surface area contributed by atoms with Crippen molar-refractivity contribution in [2.75, 3.05) is 11.8 Å². The molecule has 24 heavy (non-hydrogen) atoms. The number of esters is 1. The Balaban J connectivity index is 2.37. The number of methoxy groups -OCH3 is 1. The predicted octanol–water partition coefficient (Wildman–Crippen LogP) is 3.21. The summed E-state index contributed by atoms with van der Waals surface area (Å²) in [6, 6.07) is 4.62. The van der Waals surface area contributed by atoms with E-state index < -0.39 is 26.6 Å². The molecule has 0 fully saturated rings. The number of halogens is 1. The van der Waals surface area contributed by atoms with Crippen molar-refractivity contribution in [2.24, 2.45) is 0 Å². The van der Waals surface area contributed by atoms with Gasteiger partial charge in [0.05, 0.1) is 16.9 Å². The highest BCUT2D eigenvalue weighted by Crippen LogP contribution is 2.31. The highest BCUT2D eigenvalue weighted by Gasteiger charge is 2.22. The third kappa shape index (κ3) is 3.66. The van der Waals surface area contributed by atoms with Crippen molar-refractivity contribution in [1.82, 2.24) is 0 Å². The zero-order chi connectivity index (χ0) is 18.1. The van der Waals surface area contributed by atoms with Crippen LogP contribution in [0.1, 0.15) is 15.2 Å². The normalized spacial score (nSPS) is 11.1. The van der Waals surface area contributed by atoms with Gasteiger partial charge in [0, 0.05) is 6.07 Å². The lowest BCUT2D eigenvalue weighted by atomic mass is 10.3. The van der Waals surface area contributed by atoms with Crippen LogP contribution < -0.4 is 4.72 Å². The number of nitro groups is 1. The summed E-state index contributed by atoms with van der Waals surface area (Å²) < 4.78 is 31.6. The fourth-order valence-electron chi connectivity index (χ4n) is 1.82. The molecular weight excluding hydrogens is 380 g/mol. The minimum Gasteiger partial charge on any atom is -0.465 e. The minimum atomic E-state index is -4.08. The van der Waals surface area contributed by atoms with Crippen LogP contribution in [0, 0.1) is 17.0 Å². The van der Waals surface area contributed by atoms with Gasteiger partial charge in [0.25, 0.3) is 15.7 Å². The topological polar surface area (TPSA) is 116 Å². The molecule has 128 valence electrons. The summed E-state index contributed by atoms with van der Waals surface area (Å²) in [6.45, 7) is 1.63. The largest absolute Gasteiger partial charge is 0.465 e. The Bertz CT molecular complexity index is 923. The van der Waals surface area contributed by atoms with Gasteiger partial charge in [0.15, 0.2) is 0 Å². The van der Waals surface area contributed by atoms with Crippen LogP contribution in [0.4, 0.5) is 10.7 Å². The van der Waals surface area contributed by atoms with Crippen LogP contribution in [0.15, 0.2) is 29.2 Å². The van der Waals surface area contributed by atoms with Crippen molar-refractivity contribution >= 4 is 49.6 Å². The number of nitro benzene ring substituents is 1. The number of ether oxygens (including phenoxy) is 1. The number of carbonyl (C=O) groups excluding carboxylic acids is 1. The first kappa shape index (κ1) is 18.2. The molecule has 0 saturated heterocycles. The molecule has 11 heteroatoms. The van der Waals surface area contributed by atoms with Gasteiger partial charge < -0.3 is 4.74 Å². The minimum absolute atomic E-state index is 0.168. The van der Waals surface area contributed by atoms with E-state index in [-0.39, 0.29) is 19.8 Å². The van der Waals surface area contributed by atoms with Crippen LogP contribution in [-0.4, -0.2) is 26.4 Å². The molecule has 2 rings (SSSR count). The van der Waals surface area contributed by atoms with Crippen molar-refractivity contribution in [2.45, 2.75) is 11.8 Å². The summed E-state index contributed by atoms with van der Waals surface area (Å²) in [5.74, 6) is -0.579. The Morgan fingerprint density at radius 1 is 1.38 bits per heavy atom. The predicted molar refractivity (Wildman–Crippen MR) is 89.3 cm³/mol. The van der Waals surface area contributed by atoms with E-state index in [1.165, 1.54) is 13.2 Å². The number of nitrogens with zero attached hydrogens (tertiary/aromatic N) is 1. The van der Waals surface area contributed by atoms with E-state index in [9.17, 15) is 23.3 Å². The van der Waals surface area contributed by atoms with Gasteiger partial charge in [-0.15, -0.1) is 11.3 Å². The number of carbonyl (C=O) groups is 1. The summed E-state index contributed by atoms with van der Waals surface area (Å²) in [5.41, 5.74) is 0.0313. The van der Waals surface area contributed by atoms with E-state index in [1.54, 1.807) is 6.92 Å². The lowest BCUT2D eigenvalue weighted by Gasteiger charge is -2.06. The van der Waals surface area contributed by atoms with Gasteiger partial charge in [-0.3, -0.25) is 14.8 Å². The second-order valence-corrected chi connectivity index (χ2v) is 7.73. The molecule has 0 atom stereocenters. The van der Waals surface area contributed by atoms with E-state index in [4.69, 9.17) is 11.6 Å². The molecule has 8 nitrogen and oxygen atoms in total. The molecule has 1 N–H and O–H groups in total. The third-order valence-electron chi connectivity index (χ3n) is 2.95. The lowest BCUT2D eigenvalue weighted by Crippen LogP contribution is -2.12. The van der Waals surface area contributed by atoms with Crippen LogP contribution in [0.5, 0.6) is 0 Å². The fourth-order valence-corrected chi connectivity index (χ4v) is 4.30. The number of hydrogen-bond acceptors (Lipinski definition) is 7. The quantitative estimate of drug-likeness (QED) is 0.476. The third-order valence-corrected chi connectivity index (χ3v) is 5.89. The maximum Gasteiger partial charge on any atom is 0.348 e. The van der Waals surface area contributed by atoms with Gasteiger partial charge >= 0.3 is 5.97 Å². The molecule has 1 heterocycles. The van der Waals surface area contributed by atoms with E-state index in [0.29, 0.717) is 5.56 Å². The van der Waals surface area contributed by atoms with Crippen LogP contribution in [-0.2, 0) is 14.8 Å². The number of nitrogens with one attached hydrogen (secondary N) is 1. The van der Waals surface area contributed by atoms with Crippen LogP contribution >= 0.6 is 22.9 Å². The van der Waals surface area contributed by atoms with Crippen LogP contribution in [0.25, 0.3) is 0 Å². The Morgan fingerprint density at radius 3 is 2.62 bits per heavy atom. The first-order chi connectivity index (χ1) is 11.2. The maximum atomic E-state index is 12.4. The Kier molecular flexibility index (Phi) is 5.11. The molecule has 0 amide bonds. The standard InChI is InChI=1S/C13H11ClN2O6S2/c1-7-5-11(23-12(7)13(17)22-2)15-24(20,21)8-3-4-9(14)10(6-8)16(18)19/h3-6,15H,1-2H3. The first-order valence-electron chi connectivity index (χ1n) is 6.31. The smallest absolute Gasteiger partial charge is 0.348 e. The van der Waals surface area contributed by atoms with Crippen molar-refractivity contribution in [1.29, 1.82) is 0 Å². The van der Waals surface area contributed by atoms with Crippen LogP contribution in [0.3, 0.4) is 0 Å². The molecule has 0 aliphatic rings. The summed E-state index contributed by atoms with van der Waals surface area (Å²) in [7, 11) is -2.86. The summed E-state index contributed by atoms with van der Waals surface area (Å²) in [6.07, 6.45) is 0. The fraction of sp³-hybridized carbons (Fsp3) is 0.154. The van der Waals surface area contributed by atoms with Crippen molar-refractivity contribution in [3.05, 3.63) is 49.8 Å². The molecule has 2 aromatic rings. The van der Waals surface area contributed by atoms with Gasteiger partial charge in [-0.2, -0.15) is 0 Å². The van der Waals surface area contributed by atoms with Crippen LogP contribution in [0.2, 0.25) is 5.02 Å². The Hall–Kier alpha value is -2.17. The molecule has 0 saturated carbocycles. The monoisotopic (exact) mass is 390 g/mol. The second-order valence-electron chi connectivity index (χ2n) is 4.59. The average Bonchev–Trinajstić information content (AvgIpc) is 2.86. The SMILES string of the molecule is COC(=O)c1sc(NS(=O)(=O)c2ccc(Cl)c([N+](=O)[O-])c2)cc1C. The number of aryl methyl sites for hydroxylation is 1. The molecule has 1 aromatic carbocycles. The zero-order valence-electron chi connectivity index (χ0n) is 12.4. The summed E-state index contributed by atoms with van der Waals surface area (Å²) >= 11 is 6.57. The molecule has 0 radical (unpaired) electrons. The molecule has 0 bridgehead atoms. The second kappa shape index (κ2) is 6.75. The summed E-state index contributed by atoms with van der Waals surface area (Å²) in [5, 5.41) is 10.9. The molecule has 0 aliphatic heterocycles. The highest BCUT2D eigenvalue weighted by molar-refractivity contribution is 7.93. The van der Waals surface area contributed by atoms with Crippen molar-refractivity contribution < 1.29 is 22.9 Å². The number of thiophene rings is 1. The average molecular weight is 391 g/mol. The van der Waals surface area contributed by atoms with E-state index in [0.717, 1.165) is 29.5 Å². The van der Waals surface area contributed by atoms with E-state index in [1.807, 2.05) is 0 Å². The van der Waals surface area contributed by atoms with Gasteiger partial charge in [-0.05, 0) is 30.7 Å². The number of benzene rings is 1. The zero-order valence-corrected chi connectivity index (χ0v) is 14.8. The Labute approximate surface area is 146 Å². The van der Waals surface area contributed by atoms with Gasteiger partial charge in [-0.1, -0.05) is 11.6 Å². The summed E-state index contributed by atoms with van der Waals surface area (Å²) in [4.78, 5) is 21.6. The van der Waals surface area contributed by atoms with E-state index in [2.05, 4.69) is 9.46 Å². The first-order valence-corrected chi connectivity index (χ1v) is 8.99. The van der Waals surface area contributed by atoms with Gasteiger partial charge in [0.1, 0.15) is 14.9 Å². The molecule has 0 spiro atoms. The van der Waals surface area contributed by atoms with E-state index >= 15 is 0 Å². The van der Waals surface area contributed by atoms with Gasteiger partial charge in [-0.25, -0.2) is 13.2 Å². The number of sulfonamides is 1. The molecular formula is C13H11ClN2O6S2. The molecule has 0 aliphatic carbocycles. The highest BCUT2D eigenvalue weighted by atomic mass is 35.5. The number of hydrogen-bond donors (Lipinski definition) is 1. The number of rotatable bonds is 5. The molecule has 1 aromatic heterocycles. The number of anilines is 1. The van der Waals surface area contributed by atoms with Crippen molar-refractivity contribution in [3.8, 4) is 0 Å². The molecule has 0 unspecified atom stereocenters. The van der Waals surface area contributed by atoms with Crippen molar-refractivity contribution in [3.63, 3.8) is 0 Å².